The van der Waals surface area contributed by atoms with Crippen molar-refractivity contribution in [3.8, 4) is 5.75 Å². The second-order valence-electron chi connectivity index (χ2n) is 5.92. The molecule has 0 fully saturated rings. The molecule has 26 heavy (non-hydrogen) atoms. The molecule has 0 aliphatic carbocycles. The van der Waals surface area contributed by atoms with Crippen LogP contribution in [0.5, 0.6) is 5.75 Å². The highest BCUT2D eigenvalue weighted by atomic mass is 16.5. The van der Waals surface area contributed by atoms with Gasteiger partial charge >= 0.3 is 5.97 Å². The van der Waals surface area contributed by atoms with Crippen LogP contribution in [0.2, 0.25) is 0 Å². The lowest BCUT2D eigenvalue weighted by Gasteiger charge is -2.13. The van der Waals surface area contributed by atoms with Crippen molar-refractivity contribution in [2.24, 2.45) is 0 Å². The van der Waals surface area contributed by atoms with Crippen LogP contribution in [-0.2, 0) is 16.1 Å². The van der Waals surface area contributed by atoms with Crippen molar-refractivity contribution in [1.82, 2.24) is 5.32 Å². The number of methoxy groups -OCH3 is 2. The number of hydrogen-bond donors (Lipinski definition) is 2. The Morgan fingerprint density at radius 1 is 1.04 bits per heavy atom. The van der Waals surface area contributed by atoms with Gasteiger partial charge in [-0.2, -0.15) is 0 Å². The predicted molar refractivity (Wildman–Crippen MR) is 101 cm³/mol. The number of rotatable bonds is 7. The minimum atomic E-state index is -0.480. The van der Waals surface area contributed by atoms with Gasteiger partial charge in [0.05, 0.1) is 20.8 Å². The molecule has 0 heterocycles. The van der Waals surface area contributed by atoms with Gasteiger partial charge in [-0.1, -0.05) is 24.3 Å². The van der Waals surface area contributed by atoms with E-state index in [1.54, 1.807) is 18.2 Å². The van der Waals surface area contributed by atoms with Crippen LogP contribution < -0.4 is 15.4 Å². The molecule has 2 rings (SSSR count). The van der Waals surface area contributed by atoms with Gasteiger partial charge in [0.15, 0.2) is 0 Å². The van der Waals surface area contributed by atoms with E-state index in [-0.39, 0.29) is 12.5 Å². The normalized spacial score (nSPS) is 10.2. The van der Waals surface area contributed by atoms with E-state index >= 15 is 0 Å². The standard InChI is InChI=1S/C20H24N2O4/c1-13-6-5-7-14(2)19(13)22-12-18(23)21-11-15-8-9-17(25-3)16(10-15)20(24)26-4/h5-10,22H,11-12H2,1-4H3,(H,21,23). The number of hydrogen-bond acceptors (Lipinski definition) is 5. The minimum Gasteiger partial charge on any atom is -0.496 e. The third-order valence-corrected chi connectivity index (χ3v) is 4.07. The molecular formula is C20H24N2O4. The number of carbonyl (C=O) groups is 2. The largest absolute Gasteiger partial charge is 0.496 e. The molecule has 2 aromatic carbocycles. The van der Waals surface area contributed by atoms with Crippen LogP contribution >= 0.6 is 0 Å². The summed E-state index contributed by atoms with van der Waals surface area (Å²) in [6.07, 6.45) is 0. The maximum Gasteiger partial charge on any atom is 0.341 e. The second-order valence-corrected chi connectivity index (χ2v) is 5.92. The van der Waals surface area contributed by atoms with Crippen molar-refractivity contribution in [2.75, 3.05) is 26.1 Å². The van der Waals surface area contributed by atoms with E-state index in [9.17, 15) is 9.59 Å². The van der Waals surface area contributed by atoms with Gasteiger partial charge in [-0.15, -0.1) is 0 Å². The molecule has 0 atom stereocenters. The summed E-state index contributed by atoms with van der Waals surface area (Å²) in [5.74, 6) is -0.182. The summed E-state index contributed by atoms with van der Waals surface area (Å²) < 4.78 is 9.91. The molecule has 0 saturated carbocycles. The third-order valence-electron chi connectivity index (χ3n) is 4.07. The van der Waals surface area contributed by atoms with Crippen LogP contribution in [0.4, 0.5) is 5.69 Å². The SMILES string of the molecule is COC(=O)c1cc(CNC(=O)CNc2c(C)cccc2C)ccc1OC. The van der Waals surface area contributed by atoms with Crippen LogP contribution in [0.1, 0.15) is 27.0 Å². The van der Waals surface area contributed by atoms with Gasteiger partial charge in [0, 0.05) is 12.2 Å². The first-order valence-corrected chi connectivity index (χ1v) is 8.28. The smallest absolute Gasteiger partial charge is 0.341 e. The molecule has 2 N–H and O–H groups in total. The van der Waals surface area contributed by atoms with Crippen molar-refractivity contribution in [2.45, 2.75) is 20.4 Å². The number of para-hydroxylation sites is 1. The minimum absolute atomic E-state index is 0.136. The van der Waals surface area contributed by atoms with Crippen molar-refractivity contribution >= 4 is 17.6 Å². The molecule has 1 amide bonds. The molecule has 2 aromatic rings. The summed E-state index contributed by atoms with van der Waals surface area (Å²) in [7, 11) is 2.80. The summed E-state index contributed by atoms with van der Waals surface area (Å²) in [5, 5.41) is 6.00. The van der Waals surface area contributed by atoms with Crippen LogP contribution in [-0.4, -0.2) is 32.6 Å². The highest BCUT2D eigenvalue weighted by molar-refractivity contribution is 5.92. The van der Waals surface area contributed by atoms with Gasteiger partial charge in [0.2, 0.25) is 5.91 Å². The maximum atomic E-state index is 12.1. The lowest BCUT2D eigenvalue weighted by atomic mass is 10.1. The Morgan fingerprint density at radius 3 is 2.35 bits per heavy atom. The number of anilines is 1. The number of amides is 1. The monoisotopic (exact) mass is 356 g/mol. The molecule has 0 aromatic heterocycles. The zero-order valence-corrected chi connectivity index (χ0v) is 15.5. The van der Waals surface area contributed by atoms with Crippen LogP contribution in [0, 0.1) is 13.8 Å². The van der Waals surface area contributed by atoms with Crippen LogP contribution in [0.15, 0.2) is 36.4 Å². The quantitative estimate of drug-likeness (QED) is 0.746. The fourth-order valence-corrected chi connectivity index (χ4v) is 2.66. The predicted octanol–water partition coefficient (Wildman–Crippen LogP) is 2.83. The summed E-state index contributed by atoms with van der Waals surface area (Å²) in [5.41, 5.74) is 4.27. The molecule has 6 nitrogen and oxygen atoms in total. The molecule has 0 aliphatic heterocycles. The van der Waals surface area contributed by atoms with Gasteiger partial charge in [-0.3, -0.25) is 4.79 Å². The fourth-order valence-electron chi connectivity index (χ4n) is 2.66. The Hall–Kier alpha value is -3.02. The van der Waals surface area contributed by atoms with E-state index in [1.807, 2.05) is 32.0 Å². The van der Waals surface area contributed by atoms with Gasteiger partial charge in [-0.05, 0) is 42.7 Å². The summed E-state index contributed by atoms with van der Waals surface area (Å²) >= 11 is 0. The van der Waals surface area contributed by atoms with Gasteiger partial charge < -0.3 is 20.1 Å². The number of nitrogens with one attached hydrogen (secondary N) is 2. The Morgan fingerprint density at radius 2 is 1.73 bits per heavy atom. The van der Waals surface area contributed by atoms with Crippen molar-refractivity contribution in [3.05, 3.63) is 58.7 Å². The Bertz CT molecular complexity index is 782. The van der Waals surface area contributed by atoms with E-state index in [4.69, 9.17) is 9.47 Å². The number of aryl methyl sites for hydroxylation is 2. The number of esters is 1. The Balaban J connectivity index is 1.96. The average Bonchev–Trinajstić information content (AvgIpc) is 2.65. The first-order chi connectivity index (χ1) is 12.5. The summed E-state index contributed by atoms with van der Waals surface area (Å²) in [6.45, 7) is 4.48. The second kappa shape index (κ2) is 8.89. The Kier molecular flexibility index (Phi) is 6.60. The molecule has 0 bridgehead atoms. The van der Waals surface area contributed by atoms with E-state index in [1.165, 1.54) is 14.2 Å². The first kappa shape index (κ1) is 19.3. The zero-order valence-electron chi connectivity index (χ0n) is 15.5. The lowest BCUT2D eigenvalue weighted by Crippen LogP contribution is -2.29. The van der Waals surface area contributed by atoms with Crippen molar-refractivity contribution in [1.29, 1.82) is 0 Å². The molecule has 0 spiro atoms. The van der Waals surface area contributed by atoms with E-state index in [0.29, 0.717) is 17.9 Å². The van der Waals surface area contributed by atoms with Crippen molar-refractivity contribution in [3.63, 3.8) is 0 Å². The number of carbonyl (C=O) groups excluding carboxylic acids is 2. The molecule has 0 saturated heterocycles. The summed E-state index contributed by atoms with van der Waals surface area (Å²) in [6, 6.07) is 11.1. The van der Waals surface area contributed by atoms with Crippen LogP contribution in [0.3, 0.4) is 0 Å². The van der Waals surface area contributed by atoms with Gasteiger partial charge in [0.1, 0.15) is 11.3 Å². The molecular weight excluding hydrogens is 332 g/mol. The lowest BCUT2D eigenvalue weighted by molar-refractivity contribution is -0.119. The third kappa shape index (κ3) is 4.75. The highest BCUT2D eigenvalue weighted by Gasteiger charge is 2.14. The highest BCUT2D eigenvalue weighted by Crippen LogP contribution is 2.21. The number of ether oxygens (including phenoxy) is 2. The molecule has 0 radical (unpaired) electrons. The Labute approximate surface area is 153 Å². The molecule has 6 heteroatoms. The number of benzene rings is 2. The topological polar surface area (TPSA) is 76.7 Å². The van der Waals surface area contributed by atoms with Gasteiger partial charge in [0.25, 0.3) is 0 Å². The summed E-state index contributed by atoms with van der Waals surface area (Å²) in [4.78, 5) is 23.9. The van der Waals surface area contributed by atoms with E-state index in [2.05, 4.69) is 10.6 Å². The van der Waals surface area contributed by atoms with Gasteiger partial charge in [-0.25, -0.2) is 4.79 Å². The fraction of sp³-hybridized carbons (Fsp3) is 0.300. The maximum absolute atomic E-state index is 12.1. The van der Waals surface area contributed by atoms with E-state index < -0.39 is 5.97 Å². The molecule has 0 aliphatic rings. The average molecular weight is 356 g/mol. The van der Waals surface area contributed by atoms with Crippen molar-refractivity contribution < 1.29 is 19.1 Å². The molecule has 0 unspecified atom stereocenters. The van der Waals surface area contributed by atoms with E-state index in [0.717, 1.165) is 22.4 Å². The molecule has 138 valence electrons. The van der Waals surface area contributed by atoms with Crippen LogP contribution in [0.25, 0.3) is 0 Å². The zero-order chi connectivity index (χ0) is 19.1. The first-order valence-electron chi connectivity index (χ1n) is 8.28.